The minimum absolute atomic E-state index is 0.115. The molecule has 6 heteroatoms. The van der Waals surface area contributed by atoms with Crippen molar-refractivity contribution < 1.29 is 9.53 Å². The quantitative estimate of drug-likeness (QED) is 0.838. The average molecular weight is 306 g/mol. The van der Waals surface area contributed by atoms with Gasteiger partial charge in [-0.1, -0.05) is 0 Å². The third-order valence-corrected chi connectivity index (χ3v) is 4.83. The molecule has 0 N–H and O–H groups in total. The highest BCUT2D eigenvalue weighted by Crippen LogP contribution is 2.16. The van der Waals surface area contributed by atoms with Crippen molar-refractivity contribution in [2.24, 2.45) is 7.05 Å². The second-order valence-electron chi connectivity index (χ2n) is 6.35. The van der Waals surface area contributed by atoms with E-state index in [1.807, 2.05) is 18.9 Å². The molecular weight excluding hydrogens is 280 g/mol. The van der Waals surface area contributed by atoms with E-state index in [4.69, 9.17) is 4.74 Å². The van der Waals surface area contributed by atoms with Crippen molar-refractivity contribution in [1.29, 1.82) is 0 Å². The molecule has 2 aliphatic rings. The topological polar surface area (TPSA) is 50.6 Å². The van der Waals surface area contributed by atoms with Gasteiger partial charge in [0.1, 0.15) is 0 Å². The number of ether oxygens (including phenoxy) is 1. The maximum Gasteiger partial charge on any atom is 0.257 e. The highest BCUT2D eigenvalue weighted by Gasteiger charge is 2.25. The molecule has 2 fully saturated rings. The summed E-state index contributed by atoms with van der Waals surface area (Å²) in [5.74, 6) is 0.115. The summed E-state index contributed by atoms with van der Waals surface area (Å²) in [4.78, 5) is 17.1. The highest BCUT2D eigenvalue weighted by atomic mass is 16.5. The molecule has 0 unspecified atom stereocenters. The average Bonchev–Trinajstić information content (AvgIpc) is 3.05. The fourth-order valence-corrected chi connectivity index (χ4v) is 3.31. The third-order valence-electron chi connectivity index (χ3n) is 4.83. The van der Waals surface area contributed by atoms with Crippen LogP contribution in [0.1, 0.15) is 35.3 Å². The van der Waals surface area contributed by atoms with E-state index in [2.05, 4.69) is 10.00 Å². The largest absolute Gasteiger partial charge is 0.377 e. The summed E-state index contributed by atoms with van der Waals surface area (Å²) < 4.78 is 7.48. The van der Waals surface area contributed by atoms with Crippen molar-refractivity contribution in [3.63, 3.8) is 0 Å². The summed E-state index contributed by atoms with van der Waals surface area (Å²) >= 11 is 0. The first-order chi connectivity index (χ1) is 10.6. The van der Waals surface area contributed by atoms with Crippen LogP contribution < -0.4 is 0 Å². The van der Waals surface area contributed by atoms with Gasteiger partial charge in [-0.15, -0.1) is 0 Å². The zero-order valence-corrected chi connectivity index (χ0v) is 13.6. The zero-order valence-electron chi connectivity index (χ0n) is 13.6. The molecule has 0 bridgehead atoms. The molecule has 0 saturated carbocycles. The van der Waals surface area contributed by atoms with Gasteiger partial charge in [0.05, 0.1) is 17.9 Å². The van der Waals surface area contributed by atoms with Gasteiger partial charge in [-0.2, -0.15) is 5.10 Å². The number of rotatable bonds is 3. The number of amides is 1. The van der Waals surface area contributed by atoms with Crippen LogP contribution >= 0.6 is 0 Å². The van der Waals surface area contributed by atoms with Gasteiger partial charge in [-0.3, -0.25) is 14.4 Å². The number of carbonyl (C=O) groups is 1. The normalized spacial score (nSPS) is 23.7. The summed E-state index contributed by atoms with van der Waals surface area (Å²) in [6.07, 6.45) is 5.46. The first-order valence-corrected chi connectivity index (χ1v) is 8.27. The summed E-state index contributed by atoms with van der Waals surface area (Å²) in [7, 11) is 1.87. The predicted molar refractivity (Wildman–Crippen MR) is 83.9 cm³/mol. The van der Waals surface area contributed by atoms with E-state index in [9.17, 15) is 4.79 Å². The Kier molecular flexibility index (Phi) is 4.78. The van der Waals surface area contributed by atoms with Gasteiger partial charge >= 0.3 is 0 Å². The standard InChI is InChI=1S/C16H26N4O2/c1-13-15(11-17-18(13)2)16(21)20-7-4-6-19(8-9-20)12-14-5-3-10-22-14/h11,14H,3-10,12H2,1-2H3/t14-/m0/s1. The Morgan fingerprint density at radius 3 is 2.86 bits per heavy atom. The van der Waals surface area contributed by atoms with Gasteiger partial charge in [-0.25, -0.2) is 0 Å². The van der Waals surface area contributed by atoms with Crippen LogP contribution in [0.5, 0.6) is 0 Å². The maximum absolute atomic E-state index is 12.7. The predicted octanol–water partition coefficient (Wildman–Crippen LogP) is 1.06. The number of nitrogens with zero attached hydrogens (tertiary/aromatic N) is 4. The Balaban J connectivity index is 1.57. The van der Waals surface area contributed by atoms with Gasteiger partial charge < -0.3 is 9.64 Å². The molecular formula is C16H26N4O2. The SMILES string of the molecule is Cc1c(C(=O)N2CCCN(C[C@@H]3CCCO3)CC2)cnn1C. The third kappa shape index (κ3) is 3.33. The van der Waals surface area contributed by atoms with Crippen molar-refractivity contribution in [2.75, 3.05) is 39.3 Å². The van der Waals surface area contributed by atoms with Gasteiger partial charge in [0, 0.05) is 45.5 Å². The molecule has 0 radical (unpaired) electrons. The molecule has 0 aromatic carbocycles. The van der Waals surface area contributed by atoms with Crippen LogP contribution in [0, 0.1) is 6.92 Å². The molecule has 22 heavy (non-hydrogen) atoms. The molecule has 1 aromatic heterocycles. The van der Waals surface area contributed by atoms with Gasteiger partial charge in [0.25, 0.3) is 5.91 Å². The summed E-state index contributed by atoms with van der Waals surface area (Å²) in [5, 5.41) is 4.18. The lowest BCUT2D eigenvalue weighted by atomic mass is 10.2. The van der Waals surface area contributed by atoms with Crippen LogP contribution in [0.4, 0.5) is 0 Å². The van der Waals surface area contributed by atoms with Crippen molar-refractivity contribution in [1.82, 2.24) is 19.6 Å². The van der Waals surface area contributed by atoms with Gasteiger partial charge in [0.2, 0.25) is 0 Å². The molecule has 2 aliphatic heterocycles. The minimum atomic E-state index is 0.115. The molecule has 3 rings (SSSR count). The van der Waals surface area contributed by atoms with Gasteiger partial charge in [-0.05, 0) is 32.7 Å². The Labute approximate surface area is 132 Å². The van der Waals surface area contributed by atoms with Crippen LogP contribution in [0.2, 0.25) is 0 Å². The lowest BCUT2D eigenvalue weighted by Crippen LogP contribution is -2.37. The number of hydrogen-bond donors (Lipinski definition) is 0. The summed E-state index contributed by atoms with van der Waals surface area (Å²) in [5.41, 5.74) is 1.67. The molecule has 0 spiro atoms. The molecule has 3 heterocycles. The second kappa shape index (κ2) is 6.79. The van der Waals surface area contributed by atoms with E-state index in [1.165, 1.54) is 12.8 Å². The highest BCUT2D eigenvalue weighted by molar-refractivity contribution is 5.95. The van der Waals surface area contributed by atoms with Crippen LogP contribution in [0.15, 0.2) is 6.20 Å². The number of hydrogen-bond acceptors (Lipinski definition) is 4. The fraction of sp³-hybridized carbons (Fsp3) is 0.750. The molecule has 1 aromatic rings. The first-order valence-electron chi connectivity index (χ1n) is 8.27. The Hall–Kier alpha value is -1.40. The monoisotopic (exact) mass is 306 g/mol. The Morgan fingerprint density at radius 1 is 1.32 bits per heavy atom. The molecule has 6 nitrogen and oxygen atoms in total. The van der Waals surface area contributed by atoms with E-state index in [1.54, 1.807) is 10.9 Å². The van der Waals surface area contributed by atoms with Crippen molar-refractivity contribution in [3.05, 3.63) is 17.5 Å². The van der Waals surface area contributed by atoms with E-state index in [0.29, 0.717) is 6.10 Å². The van der Waals surface area contributed by atoms with Crippen molar-refractivity contribution in [2.45, 2.75) is 32.3 Å². The Morgan fingerprint density at radius 2 is 2.18 bits per heavy atom. The first kappa shape index (κ1) is 15.5. The smallest absolute Gasteiger partial charge is 0.257 e. The maximum atomic E-state index is 12.7. The fourth-order valence-electron chi connectivity index (χ4n) is 3.31. The molecule has 122 valence electrons. The lowest BCUT2D eigenvalue weighted by molar-refractivity contribution is 0.0704. The number of carbonyl (C=O) groups excluding carboxylic acids is 1. The van der Waals surface area contributed by atoms with Crippen molar-refractivity contribution in [3.8, 4) is 0 Å². The second-order valence-corrected chi connectivity index (χ2v) is 6.35. The van der Waals surface area contributed by atoms with E-state index >= 15 is 0 Å². The van der Waals surface area contributed by atoms with Crippen LogP contribution in [0.25, 0.3) is 0 Å². The Bertz CT molecular complexity index is 522. The molecule has 0 aliphatic carbocycles. The van der Waals surface area contributed by atoms with Crippen LogP contribution in [0.3, 0.4) is 0 Å². The van der Waals surface area contributed by atoms with E-state index in [-0.39, 0.29) is 5.91 Å². The lowest BCUT2D eigenvalue weighted by Gasteiger charge is -2.24. The van der Waals surface area contributed by atoms with E-state index in [0.717, 1.165) is 57.0 Å². The zero-order chi connectivity index (χ0) is 15.5. The summed E-state index contributed by atoms with van der Waals surface area (Å²) in [6, 6.07) is 0. The van der Waals surface area contributed by atoms with Crippen molar-refractivity contribution >= 4 is 5.91 Å². The molecule has 1 atom stereocenters. The van der Waals surface area contributed by atoms with Crippen LogP contribution in [-0.2, 0) is 11.8 Å². The van der Waals surface area contributed by atoms with Gasteiger partial charge in [0.15, 0.2) is 0 Å². The summed E-state index contributed by atoms with van der Waals surface area (Å²) in [6.45, 7) is 7.47. The number of aromatic nitrogens is 2. The van der Waals surface area contributed by atoms with E-state index < -0.39 is 0 Å². The molecule has 2 saturated heterocycles. The minimum Gasteiger partial charge on any atom is -0.377 e. The number of aryl methyl sites for hydroxylation is 1. The molecule has 1 amide bonds. The van der Waals surface area contributed by atoms with Crippen LogP contribution in [-0.4, -0.2) is 70.9 Å².